The molecule has 0 unspecified atom stereocenters. The molecule has 1 fully saturated rings. The molecular weight excluding hydrogens is 408 g/mol. The van der Waals surface area contributed by atoms with Crippen LogP contribution in [-0.4, -0.2) is 33.9 Å². The van der Waals surface area contributed by atoms with Crippen molar-refractivity contribution in [2.45, 2.75) is 12.8 Å². The molecule has 0 radical (unpaired) electrons. The molecule has 1 aromatic heterocycles. The van der Waals surface area contributed by atoms with E-state index < -0.39 is 0 Å². The third-order valence-electron chi connectivity index (χ3n) is 5.49. The molecular formula is C25H21ClN4O. The third kappa shape index (κ3) is 4.09. The monoisotopic (exact) mass is 428 g/mol. The highest BCUT2D eigenvalue weighted by molar-refractivity contribution is 6.31. The Bertz CT molecular complexity index is 1240. The zero-order valence-corrected chi connectivity index (χ0v) is 17.6. The minimum Gasteiger partial charge on any atom is -0.339 e. The number of carbonyl (C=O) groups excluding carboxylic acids is 1. The molecule has 1 aliphatic heterocycles. The number of benzene rings is 3. The van der Waals surface area contributed by atoms with E-state index in [0.29, 0.717) is 16.5 Å². The van der Waals surface area contributed by atoms with E-state index in [4.69, 9.17) is 16.6 Å². The molecule has 1 N–H and O–H groups in total. The predicted octanol–water partition coefficient (Wildman–Crippen LogP) is 5.93. The zero-order valence-electron chi connectivity index (χ0n) is 16.9. The van der Waals surface area contributed by atoms with Crippen LogP contribution in [0.5, 0.6) is 0 Å². The standard InChI is InChI=1S/C25H21ClN4O/c26-19-10-13-22-21(16-19)23(17-6-2-1-3-7-17)29-25(28-22)27-20-11-8-18(9-12-20)24(31)30-14-4-5-15-30/h1-3,6-13,16H,4-5,14-15H2,(H,27,28,29). The number of anilines is 2. The Morgan fingerprint density at radius 3 is 2.39 bits per heavy atom. The lowest BCUT2D eigenvalue weighted by atomic mass is 10.1. The van der Waals surface area contributed by atoms with Crippen molar-refractivity contribution in [2.75, 3.05) is 18.4 Å². The fourth-order valence-electron chi connectivity index (χ4n) is 3.90. The van der Waals surface area contributed by atoms with Crippen LogP contribution in [0.25, 0.3) is 22.2 Å². The molecule has 31 heavy (non-hydrogen) atoms. The number of aromatic nitrogens is 2. The maximum Gasteiger partial charge on any atom is 0.253 e. The van der Waals surface area contributed by atoms with Gasteiger partial charge >= 0.3 is 0 Å². The van der Waals surface area contributed by atoms with Crippen LogP contribution in [0.4, 0.5) is 11.6 Å². The summed E-state index contributed by atoms with van der Waals surface area (Å²) in [4.78, 5) is 23.9. The van der Waals surface area contributed by atoms with E-state index in [0.717, 1.165) is 53.8 Å². The Morgan fingerprint density at radius 1 is 0.903 bits per heavy atom. The lowest BCUT2D eigenvalue weighted by Gasteiger charge is -2.15. The average Bonchev–Trinajstić information content (AvgIpc) is 3.34. The summed E-state index contributed by atoms with van der Waals surface area (Å²) in [5.41, 5.74) is 4.14. The maximum atomic E-state index is 12.6. The van der Waals surface area contributed by atoms with Crippen LogP contribution in [-0.2, 0) is 0 Å². The number of likely N-dealkylation sites (tertiary alicyclic amines) is 1. The first-order chi connectivity index (χ1) is 15.2. The summed E-state index contributed by atoms with van der Waals surface area (Å²) in [6.07, 6.45) is 2.17. The van der Waals surface area contributed by atoms with Crippen LogP contribution in [0.2, 0.25) is 5.02 Å². The van der Waals surface area contributed by atoms with Gasteiger partial charge in [-0.25, -0.2) is 9.97 Å². The number of amides is 1. The highest BCUT2D eigenvalue weighted by atomic mass is 35.5. The fraction of sp³-hybridized carbons (Fsp3) is 0.160. The normalized spacial score (nSPS) is 13.5. The largest absolute Gasteiger partial charge is 0.339 e. The minimum atomic E-state index is 0.0919. The number of nitrogens with zero attached hydrogens (tertiary/aromatic N) is 3. The smallest absolute Gasteiger partial charge is 0.253 e. The minimum absolute atomic E-state index is 0.0919. The third-order valence-corrected chi connectivity index (χ3v) is 5.72. The van der Waals surface area contributed by atoms with E-state index in [1.165, 1.54) is 0 Å². The number of carbonyl (C=O) groups is 1. The number of nitrogens with one attached hydrogen (secondary N) is 1. The van der Waals surface area contributed by atoms with Crippen LogP contribution in [0.15, 0.2) is 72.8 Å². The van der Waals surface area contributed by atoms with Gasteiger partial charge in [0.2, 0.25) is 5.95 Å². The summed E-state index contributed by atoms with van der Waals surface area (Å²) >= 11 is 6.23. The number of halogens is 1. The first kappa shape index (κ1) is 19.5. The number of hydrogen-bond acceptors (Lipinski definition) is 4. The lowest BCUT2D eigenvalue weighted by Crippen LogP contribution is -2.27. The second-order valence-electron chi connectivity index (χ2n) is 7.62. The Labute approximate surface area is 185 Å². The van der Waals surface area contributed by atoms with Gasteiger partial charge in [0.25, 0.3) is 5.91 Å². The van der Waals surface area contributed by atoms with Crippen molar-refractivity contribution >= 4 is 40.0 Å². The number of hydrogen-bond donors (Lipinski definition) is 1. The van der Waals surface area contributed by atoms with E-state index in [-0.39, 0.29) is 5.91 Å². The van der Waals surface area contributed by atoms with E-state index in [1.807, 2.05) is 77.7 Å². The van der Waals surface area contributed by atoms with E-state index >= 15 is 0 Å². The van der Waals surface area contributed by atoms with Crippen LogP contribution in [0.1, 0.15) is 23.2 Å². The van der Waals surface area contributed by atoms with Crippen LogP contribution in [0, 0.1) is 0 Å². The molecule has 1 saturated heterocycles. The summed E-state index contributed by atoms with van der Waals surface area (Å²) in [6, 6.07) is 23.1. The van der Waals surface area contributed by atoms with Gasteiger partial charge in [-0.1, -0.05) is 41.9 Å². The molecule has 4 aromatic rings. The van der Waals surface area contributed by atoms with Crippen molar-refractivity contribution in [3.8, 4) is 11.3 Å². The number of rotatable bonds is 4. The van der Waals surface area contributed by atoms with Crippen LogP contribution in [0.3, 0.4) is 0 Å². The van der Waals surface area contributed by atoms with Gasteiger partial charge in [-0.3, -0.25) is 4.79 Å². The van der Waals surface area contributed by atoms with Gasteiger partial charge in [0, 0.05) is 40.3 Å². The summed E-state index contributed by atoms with van der Waals surface area (Å²) in [6.45, 7) is 1.69. The molecule has 0 spiro atoms. The van der Waals surface area contributed by atoms with Crippen LogP contribution >= 0.6 is 11.6 Å². The van der Waals surface area contributed by atoms with Crippen molar-refractivity contribution in [1.82, 2.24) is 14.9 Å². The highest BCUT2D eigenvalue weighted by Gasteiger charge is 2.19. The molecule has 5 nitrogen and oxygen atoms in total. The van der Waals surface area contributed by atoms with Gasteiger partial charge in [0.1, 0.15) is 0 Å². The van der Waals surface area contributed by atoms with Gasteiger partial charge in [-0.15, -0.1) is 0 Å². The van der Waals surface area contributed by atoms with Crippen molar-refractivity contribution < 1.29 is 4.79 Å². The Balaban J connectivity index is 1.46. The van der Waals surface area contributed by atoms with Crippen molar-refractivity contribution in [3.63, 3.8) is 0 Å². The van der Waals surface area contributed by atoms with E-state index in [2.05, 4.69) is 10.3 Å². The predicted molar refractivity (Wildman–Crippen MR) is 125 cm³/mol. The molecule has 6 heteroatoms. The molecule has 0 saturated carbocycles. The molecule has 154 valence electrons. The summed E-state index contributed by atoms with van der Waals surface area (Å²) < 4.78 is 0. The van der Waals surface area contributed by atoms with Crippen molar-refractivity contribution in [2.24, 2.45) is 0 Å². The topological polar surface area (TPSA) is 58.1 Å². The van der Waals surface area contributed by atoms with Crippen molar-refractivity contribution in [3.05, 3.63) is 83.4 Å². The van der Waals surface area contributed by atoms with Gasteiger partial charge in [0.15, 0.2) is 0 Å². The molecule has 0 aliphatic carbocycles. The van der Waals surface area contributed by atoms with E-state index in [9.17, 15) is 4.79 Å². The molecule has 0 atom stereocenters. The summed E-state index contributed by atoms with van der Waals surface area (Å²) in [7, 11) is 0. The van der Waals surface area contributed by atoms with Gasteiger partial charge < -0.3 is 10.2 Å². The lowest BCUT2D eigenvalue weighted by molar-refractivity contribution is 0.0793. The molecule has 3 aromatic carbocycles. The second-order valence-corrected chi connectivity index (χ2v) is 8.06. The first-order valence-electron chi connectivity index (χ1n) is 10.4. The number of fused-ring (bicyclic) bond motifs is 1. The van der Waals surface area contributed by atoms with Gasteiger partial charge in [-0.2, -0.15) is 0 Å². The molecule has 2 heterocycles. The zero-order chi connectivity index (χ0) is 21.2. The summed E-state index contributed by atoms with van der Waals surface area (Å²) in [5, 5.41) is 4.82. The molecule has 5 rings (SSSR count). The highest BCUT2D eigenvalue weighted by Crippen LogP contribution is 2.30. The average molecular weight is 429 g/mol. The van der Waals surface area contributed by atoms with Crippen LogP contribution < -0.4 is 5.32 Å². The Hall–Kier alpha value is -3.44. The summed E-state index contributed by atoms with van der Waals surface area (Å²) in [5.74, 6) is 0.585. The van der Waals surface area contributed by atoms with Gasteiger partial charge in [0.05, 0.1) is 11.2 Å². The van der Waals surface area contributed by atoms with Gasteiger partial charge in [-0.05, 0) is 55.3 Å². The maximum absolute atomic E-state index is 12.6. The first-order valence-corrected chi connectivity index (χ1v) is 10.7. The van der Waals surface area contributed by atoms with E-state index in [1.54, 1.807) is 0 Å². The molecule has 1 aliphatic rings. The SMILES string of the molecule is O=C(c1ccc(Nc2nc(-c3ccccc3)c3cc(Cl)ccc3n2)cc1)N1CCCC1. The Morgan fingerprint density at radius 2 is 1.65 bits per heavy atom. The fourth-order valence-corrected chi connectivity index (χ4v) is 4.07. The quantitative estimate of drug-likeness (QED) is 0.437. The van der Waals surface area contributed by atoms with Crippen molar-refractivity contribution in [1.29, 1.82) is 0 Å². The Kier molecular flexibility index (Phi) is 5.26. The molecule has 1 amide bonds. The molecule has 0 bridgehead atoms. The second kappa shape index (κ2) is 8.36.